The van der Waals surface area contributed by atoms with Gasteiger partial charge in [0.05, 0.1) is 5.56 Å². The van der Waals surface area contributed by atoms with Crippen LogP contribution in [0.15, 0.2) is 76.9 Å². The highest BCUT2D eigenvalue weighted by atomic mass is 32.3. The fourth-order valence-corrected chi connectivity index (χ4v) is 4.82. The number of carbonyl (C=O) groups is 1. The molecule has 0 fully saturated rings. The molecule has 0 aliphatic carbocycles. The first-order valence-corrected chi connectivity index (χ1v) is 12.9. The number of nitrogens with zero attached hydrogens (tertiary/aromatic N) is 4. The van der Waals surface area contributed by atoms with Crippen molar-refractivity contribution in [3.05, 3.63) is 83.7 Å². The van der Waals surface area contributed by atoms with Crippen LogP contribution in [0.2, 0.25) is 0 Å². The number of pyridine rings is 1. The average Bonchev–Trinajstić information content (AvgIpc) is 3.03. The monoisotopic (exact) mass is 443 g/mol. The highest BCUT2D eigenvalue weighted by molar-refractivity contribution is 8.32. The lowest BCUT2D eigenvalue weighted by Crippen LogP contribution is -2.41. The Kier molecular flexibility index (Phi) is 5.27. The first kappa shape index (κ1) is 21.6. The van der Waals surface area contributed by atoms with Crippen LogP contribution in [0.25, 0.3) is 11.1 Å². The van der Waals surface area contributed by atoms with E-state index in [1.165, 1.54) is 16.0 Å². The summed E-state index contributed by atoms with van der Waals surface area (Å²) in [5, 5.41) is 9.23. The van der Waals surface area contributed by atoms with E-state index in [-0.39, 0.29) is 11.9 Å². The summed E-state index contributed by atoms with van der Waals surface area (Å²) in [7, 11) is 0.738. The standard InChI is InChI=1S/C25H25N5OS/c1-30-23(31)25(29-24(30)27,20-8-10-22(11-9-20)32(2,3)4)21-7-5-6-18(13-21)19-12-17(14-26)15-28-16-19/h5-13,15-16H,1-4H3,(H2,27,29). The van der Waals surface area contributed by atoms with Crippen LogP contribution in [0, 0.1) is 11.3 Å². The van der Waals surface area contributed by atoms with Gasteiger partial charge in [0, 0.05) is 25.0 Å². The van der Waals surface area contributed by atoms with E-state index in [9.17, 15) is 10.1 Å². The lowest BCUT2D eigenvalue weighted by molar-refractivity contribution is -0.129. The van der Waals surface area contributed by atoms with Crippen molar-refractivity contribution >= 4 is 21.9 Å². The summed E-state index contributed by atoms with van der Waals surface area (Å²) in [6, 6.07) is 19.6. The van der Waals surface area contributed by atoms with Crippen molar-refractivity contribution in [2.75, 3.05) is 25.8 Å². The highest BCUT2D eigenvalue weighted by Crippen LogP contribution is 2.47. The number of benzene rings is 2. The zero-order chi connectivity index (χ0) is 23.1. The number of hydrogen-bond acceptors (Lipinski definition) is 5. The molecule has 7 heteroatoms. The minimum absolute atomic E-state index is 0.180. The van der Waals surface area contributed by atoms with E-state index >= 15 is 0 Å². The van der Waals surface area contributed by atoms with Gasteiger partial charge in [0.25, 0.3) is 5.91 Å². The van der Waals surface area contributed by atoms with E-state index < -0.39 is 15.6 Å². The third-order valence-electron chi connectivity index (χ3n) is 5.70. The van der Waals surface area contributed by atoms with E-state index in [2.05, 4.69) is 42.0 Å². The number of nitrogens with two attached hydrogens (primary N) is 1. The van der Waals surface area contributed by atoms with Crippen LogP contribution in [0.1, 0.15) is 16.7 Å². The topological polar surface area (TPSA) is 95.4 Å². The minimum Gasteiger partial charge on any atom is -0.369 e. The molecule has 4 rings (SSSR count). The van der Waals surface area contributed by atoms with Crippen LogP contribution < -0.4 is 5.73 Å². The molecule has 0 saturated heterocycles. The molecule has 0 bridgehead atoms. The molecule has 2 aromatic carbocycles. The van der Waals surface area contributed by atoms with Crippen LogP contribution >= 0.6 is 10.0 Å². The predicted molar refractivity (Wildman–Crippen MR) is 130 cm³/mol. The van der Waals surface area contributed by atoms with Gasteiger partial charge in [-0.25, -0.2) is 15.0 Å². The van der Waals surface area contributed by atoms with Crippen LogP contribution in [0.3, 0.4) is 0 Å². The maximum absolute atomic E-state index is 13.5. The number of likely N-dealkylation sites (N-methyl/N-ethyl adjacent to an activating group) is 1. The Labute approximate surface area is 189 Å². The van der Waals surface area contributed by atoms with Crippen molar-refractivity contribution in [2.24, 2.45) is 10.7 Å². The molecule has 1 unspecified atom stereocenters. The van der Waals surface area contributed by atoms with Gasteiger partial charge in [0.2, 0.25) is 0 Å². The molecule has 2 N–H and O–H groups in total. The zero-order valence-electron chi connectivity index (χ0n) is 18.5. The molecule has 0 spiro atoms. The number of hydrogen-bond donors (Lipinski definition) is 1. The van der Waals surface area contributed by atoms with Crippen LogP contribution in [0.5, 0.6) is 0 Å². The van der Waals surface area contributed by atoms with Crippen molar-refractivity contribution in [1.82, 2.24) is 9.88 Å². The molecule has 1 amide bonds. The molecule has 0 radical (unpaired) electrons. The Hall–Kier alpha value is -3.63. The fraction of sp³-hybridized carbons (Fsp3) is 0.200. The largest absolute Gasteiger partial charge is 0.369 e. The molecule has 3 aromatic rings. The van der Waals surface area contributed by atoms with E-state index in [1.54, 1.807) is 19.3 Å². The van der Waals surface area contributed by atoms with Crippen molar-refractivity contribution in [2.45, 2.75) is 10.4 Å². The number of nitriles is 1. The minimum atomic E-state index is -1.26. The molecule has 1 aromatic heterocycles. The SMILES string of the molecule is CN1C(=O)C(c2ccc(S(C)(C)C)cc2)(c2cccc(-c3cncc(C#N)c3)c2)N=C1N. The van der Waals surface area contributed by atoms with E-state index in [1.807, 2.05) is 36.4 Å². The molecular weight excluding hydrogens is 418 g/mol. The van der Waals surface area contributed by atoms with Gasteiger partial charge in [-0.3, -0.25) is 14.7 Å². The van der Waals surface area contributed by atoms with Gasteiger partial charge in [-0.15, -0.1) is 0 Å². The predicted octanol–water partition coefficient (Wildman–Crippen LogP) is 3.70. The fourth-order valence-electron chi connectivity index (χ4n) is 3.87. The van der Waals surface area contributed by atoms with Crippen molar-refractivity contribution in [3.8, 4) is 17.2 Å². The summed E-state index contributed by atoms with van der Waals surface area (Å²) in [6.45, 7) is 0. The Balaban J connectivity index is 1.90. The lowest BCUT2D eigenvalue weighted by atomic mass is 9.82. The van der Waals surface area contributed by atoms with Crippen LogP contribution in [0.4, 0.5) is 0 Å². The summed E-state index contributed by atoms with van der Waals surface area (Å²) in [6.07, 6.45) is 9.92. The Bertz CT molecular complexity index is 1270. The molecule has 6 nitrogen and oxygen atoms in total. The molecule has 162 valence electrons. The maximum Gasteiger partial charge on any atom is 0.266 e. The normalized spacial score (nSPS) is 18.9. The van der Waals surface area contributed by atoms with Gasteiger partial charge in [-0.2, -0.15) is 5.26 Å². The third kappa shape index (κ3) is 3.53. The smallest absolute Gasteiger partial charge is 0.266 e. The van der Waals surface area contributed by atoms with Gasteiger partial charge >= 0.3 is 0 Å². The van der Waals surface area contributed by atoms with E-state index in [0.29, 0.717) is 11.1 Å². The van der Waals surface area contributed by atoms with E-state index in [4.69, 9.17) is 10.7 Å². The number of aliphatic imine (C=N–C) groups is 1. The molecule has 1 atom stereocenters. The first-order chi connectivity index (χ1) is 15.2. The highest BCUT2D eigenvalue weighted by Gasteiger charge is 2.49. The Morgan fingerprint density at radius 2 is 1.72 bits per heavy atom. The number of guanidine groups is 1. The molecule has 32 heavy (non-hydrogen) atoms. The second kappa shape index (κ2) is 7.81. The number of aromatic nitrogens is 1. The van der Waals surface area contributed by atoms with Gasteiger partial charge in [0.15, 0.2) is 11.5 Å². The van der Waals surface area contributed by atoms with Gasteiger partial charge in [0.1, 0.15) is 6.07 Å². The second-order valence-corrected chi connectivity index (χ2v) is 12.7. The van der Waals surface area contributed by atoms with Gasteiger partial charge in [-0.05, 0) is 64.6 Å². The molecule has 0 saturated carbocycles. The molecular formula is C25H25N5OS. The van der Waals surface area contributed by atoms with Crippen molar-refractivity contribution in [1.29, 1.82) is 5.26 Å². The first-order valence-electron chi connectivity index (χ1n) is 10.1. The number of carbonyl (C=O) groups excluding carboxylic acids is 1. The van der Waals surface area contributed by atoms with Crippen LogP contribution in [-0.2, 0) is 10.3 Å². The number of rotatable bonds is 4. The summed E-state index contributed by atoms with van der Waals surface area (Å²) in [5.74, 6) is -0.0222. The van der Waals surface area contributed by atoms with Gasteiger partial charge < -0.3 is 5.73 Å². The van der Waals surface area contributed by atoms with Crippen molar-refractivity contribution < 1.29 is 4.79 Å². The molecule has 1 aliphatic heterocycles. The second-order valence-electron chi connectivity index (χ2n) is 8.56. The van der Waals surface area contributed by atoms with E-state index in [0.717, 1.165) is 16.7 Å². The zero-order valence-corrected chi connectivity index (χ0v) is 19.4. The Morgan fingerprint density at radius 1 is 1.00 bits per heavy atom. The summed E-state index contributed by atoms with van der Waals surface area (Å²) < 4.78 is 0. The van der Waals surface area contributed by atoms with Crippen LogP contribution in [-0.4, -0.2) is 47.6 Å². The average molecular weight is 444 g/mol. The third-order valence-corrected chi connectivity index (χ3v) is 7.39. The Morgan fingerprint density at radius 3 is 2.31 bits per heavy atom. The van der Waals surface area contributed by atoms with Gasteiger partial charge in [-0.1, -0.05) is 30.3 Å². The summed E-state index contributed by atoms with van der Waals surface area (Å²) in [4.78, 5) is 25.1. The summed E-state index contributed by atoms with van der Waals surface area (Å²) >= 11 is 0. The summed E-state index contributed by atoms with van der Waals surface area (Å²) in [5.41, 5.74) is 8.45. The maximum atomic E-state index is 13.5. The quantitative estimate of drug-likeness (QED) is 0.665. The number of amides is 1. The molecule has 1 aliphatic rings. The lowest BCUT2D eigenvalue weighted by Gasteiger charge is -2.29. The van der Waals surface area contributed by atoms with Crippen molar-refractivity contribution in [3.63, 3.8) is 0 Å². The molecule has 2 heterocycles.